The molecule has 0 aliphatic carbocycles. The molecule has 0 aliphatic heterocycles. The van der Waals surface area contributed by atoms with Crippen molar-refractivity contribution in [2.45, 2.75) is 26.7 Å². The fourth-order valence-corrected chi connectivity index (χ4v) is 2.30. The van der Waals surface area contributed by atoms with Crippen LogP contribution in [0.25, 0.3) is 0 Å². The Hall–Kier alpha value is -2.09. The van der Waals surface area contributed by atoms with Gasteiger partial charge in [0.1, 0.15) is 0 Å². The molecular formula is C17H19NO. The molecule has 0 fully saturated rings. The Morgan fingerprint density at radius 1 is 1.00 bits per heavy atom. The summed E-state index contributed by atoms with van der Waals surface area (Å²) in [5.41, 5.74) is 10.2. The van der Waals surface area contributed by atoms with Gasteiger partial charge in [-0.15, -0.1) is 0 Å². The number of ketones is 1. The highest BCUT2D eigenvalue weighted by molar-refractivity contribution is 6.12. The lowest BCUT2D eigenvalue weighted by molar-refractivity contribution is 0.103. The largest absolute Gasteiger partial charge is 0.398 e. The van der Waals surface area contributed by atoms with E-state index >= 15 is 0 Å². The van der Waals surface area contributed by atoms with Gasteiger partial charge in [0.15, 0.2) is 5.78 Å². The number of rotatable bonds is 4. The van der Waals surface area contributed by atoms with Crippen LogP contribution >= 0.6 is 0 Å². The van der Waals surface area contributed by atoms with Gasteiger partial charge < -0.3 is 5.73 Å². The fraction of sp³-hybridized carbons (Fsp3) is 0.235. The van der Waals surface area contributed by atoms with Crippen molar-refractivity contribution < 1.29 is 4.79 Å². The number of hydrogen-bond acceptors (Lipinski definition) is 2. The van der Waals surface area contributed by atoms with Crippen LogP contribution in [0.4, 0.5) is 5.69 Å². The summed E-state index contributed by atoms with van der Waals surface area (Å²) >= 11 is 0. The summed E-state index contributed by atoms with van der Waals surface area (Å²) in [6.07, 6.45) is 1.93. The lowest BCUT2D eigenvalue weighted by atomic mass is 9.95. The number of hydrogen-bond donors (Lipinski definition) is 1. The quantitative estimate of drug-likeness (QED) is 0.668. The standard InChI is InChI=1S/C17H19NO/c1-3-12-9-10-14(11-13(12)4-2)17(19)15-7-5-6-8-16(15)18/h5-11H,3-4,18H2,1-2H3. The van der Waals surface area contributed by atoms with Crippen molar-refractivity contribution in [3.8, 4) is 0 Å². The Balaban J connectivity index is 2.42. The lowest BCUT2D eigenvalue weighted by Crippen LogP contribution is -2.06. The third-order valence-corrected chi connectivity index (χ3v) is 3.44. The average Bonchev–Trinajstić information content (AvgIpc) is 2.46. The van der Waals surface area contributed by atoms with E-state index < -0.39 is 0 Å². The number of para-hydroxylation sites is 1. The molecule has 0 aromatic heterocycles. The third kappa shape index (κ3) is 2.68. The van der Waals surface area contributed by atoms with E-state index in [1.807, 2.05) is 30.3 Å². The minimum Gasteiger partial charge on any atom is -0.398 e. The molecule has 0 atom stereocenters. The summed E-state index contributed by atoms with van der Waals surface area (Å²) in [7, 11) is 0. The number of nitrogens with two attached hydrogens (primary N) is 1. The molecule has 2 nitrogen and oxygen atoms in total. The van der Waals surface area contributed by atoms with Crippen molar-refractivity contribution >= 4 is 11.5 Å². The molecule has 2 aromatic rings. The van der Waals surface area contributed by atoms with E-state index in [0.29, 0.717) is 16.8 Å². The lowest BCUT2D eigenvalue weighted by Gasteiger charge is -2.09. The van der Waals surface area contributed by atoms with E-state index in [1.54, 1.807) is 12.1 Å². The van der Waals surface area contributed by atoms with Gasteiger partial charge in [-0.3, -0.25) is 4.79 Å². The maximum atomic E-state index is 12.5. The topological polar surface area (TPSA) is 43.1 Å². The van der Waals surface area contributed by atoms with Crippen LogP contribution in [0.2, 0.25) is 0 Å². The maximum Gasteiger partial charge on any atom is 0.195 e. The normalized spacial score (nSPS) is 10.4. The predicted octanol–water partition coefficient (Wildman–Crippen LogP) is 3.62. The van der Waals surface area contributed by atoms with Crippen molar-refractivity contribution in [2.24, 2.45) is 0 Å². The smallest absolute Gasteiger partial charge is 0.195 e. The Kier molecular flexibility index (Phi) is 4.00. The van der Waals surface area contributed by atoms with Crippen LogP contribution in [0, 0.1) is 0 Å². The van der Waals surface area contributed by atoms with Crippen LogP contribution < -0.4 is 5.73 Å². The van der Waals surface area contributed by atoms with Crippen LogP contribution in [-0.4, -0.2) is 5.78 Å². The molecule has 0 amide bonds. The van der Waals surface area contributed by atoms with Gasteiger partial charge in [-0.1, -0.05) is 38.1 Å². The summed E-state index contributed by atoms with van der Waals surface area (Å²) in [6, 6.07) is 13.1. The van der Waals surface area contributed by atoms with Gasteiger partial charge in [-0.05, 0) is 42.2 Å². The predicted molar refractivity (Wildman–Crippen MR) is 79.5 cm³/mol. The fourth-order valence-electron chi connectivity index (χ4n) is 2.30. The third-order valence-electron chi connectivity index (χ3n) is 3.44. The van der Waals surface area contributed by atoms with Crippen LogP contribution in [0.1, 0.15) is 40.9 Å². The maximum absolute atomic E-state index is 12.5. The van der Waals surface area contributed by atoms with Crippen LogP contribution in [0.3, 0.4) is 0 Å². The first-order valence-electron chi connectivity index (χ1n) is 6.68. The molecule has 0 unspecified atom stereocenters. The molecule has 2 aromatic carbocycles. The summed E-state index contributed by atoms with van der Waals surface area (Å²) < 4.78 is 0. The van der Waals surface area contributed by atoms with Crippen molar-refractivity contribution in [3.63, 3.8) is 0 Å². The second-order valence-electron chi connectivity index (χ2n) is 4.61. The molecule has 0 aliphatic rings. The first-order chi connectivity index (χ1) is 9.17. The molecule has 0 heterocycles. The molecule has 0 spiro atoms. The highest BCUT2D eigenvalue weighted by atomic mass is 16.1. The van der Waals surface area contributed by atoms with Gasteiger partial charge in [0.2, 0.25) is 0 Å². The molecule has 0 radical (unpaired) electrons. The van der Waals surface area contributed by atoms with E-state index in [1.165, 1.54) is 11.1 Å². The first kappa shape index (κ1) is 13.3. The average molecular weight is 253 g/mol. The van der Waals surface area contributed by atoms with Gasteiger partial charge in [-0.2, -0.15) is 0 Å². The first-order valence-corrected chi connectivity index (χ1v) is 6.68. The van der Waals surface area contributed by atoms with Crippen molar-refractivity contribution in [2.75, 3.05) is 5.73 Å². The van der Waals surface area contributed by atoms with E-state index in [-0.39, 0.29) is 5.78 Å². The monoisotopic (exact) mass is 253 g/mol. The number of carbonyl (C=O) groups is 1. The zero-order valence-corrected chi connectivity index (χ0v) is 11.4. The van der Waals surface area contributed by atoms with Crippen molar-refractivity contribution in [1.82, 2.24) is 0 Å². The zero-order chi connectivity index (χ0) is 13.8. The SMILES string of the molecule is CCc1ccc(C(=O)c2ccccc2N)cc1CC. The minimum absolute atomic E-state index is 0.00421. The summed E-state index contributed by atoms with van der Waals surface area (Å²) in [5.74, 6) is -0.00421. The number of benzene rings is 2. The highest BCUT2D eigenvalue weighted by Crippen LogP contribution is 2.19. The van der Waals surface area contributed by atoms with Gasteiger partial charge in [0.05, 0.1) is 0 Å². The molecule has 2 N–H and O–H groups in total. The molecular weight excluding hydrogens is 234 g/mol. The number of anilines is 1. The summed E-state index contributed by atoms with van der Waals surface area (Å²) in [5, 5.41) is 0. The second kappa shape index (κ2) is 5.70. The van der Waals surface area contributed by atoms with E-state index in [9.17, 15) is 4.79 Å². The number of carbonyl (C=O) groups excluding carboxylic acids is 1. The van der Waals surface area contributed by atoms with Gasteiger partial charge in [0.25, 0.3) is 0 Å². The summed E-state index contributed by atoms with van der Waals surface area (Å²) in [6.45, 7) is 4.24. The number of nitrogen functional groups attached to an aromatic ring is 1. The Morgan fingerprint density at radius 3 is 2.32 bits per heavy atom. The summed E-state index contributed by atoms with van der Waals surface area (Å²) in [4.78, 5) is 12.5. The molecule has 98 valence electrons. The molecule has 2 heteroatoms. The van der Waals surface area contributed by atoms with Crippen molar-refractivity contribution in [1.29, 1.82) is 0 Å². The van der Waals surface area contributed by atoms with E-state index in [0.717, 1.165) is 12.8 Å². The van der Waals surface area contributed by atoms with E-state index in [4.69, 9.17) is 5.73 Å². The van der Waals surface area contributed by atoms with Gasteiger partial charge >= 0.3 is 0 Å². The Bertz CT molecular complexity index is 602. The molecule has 0 saturated carbocycles. The van der Waals surface area contributed by atoms with Crippen LogP contribution in [-0.2, 0) is 12.8 Å². The Morgan fingerprint density at radius 2 is 1.68 bits per heavy atom. The molecule has 0 saturated heterocycles. The van der Waals surface area contributed by atoms with Gasteiger partial charge in [-0.25, -0.2) is 0 Å². The van der Waals surface area contributed by atoms with E-state index in [2.05, 4.69) is 13.8 Å². The van der Waals surface area contributed by atoms with Gasteiger partial charge in [0, 0.05) is 16.8 Å². The molecule has 2 rings (SSSR count). The molecule has 0 bridgehead atoms. The van der Waals surface area contributed by atoms with Crippen molar-refractivity contribution in [3.05, 3.63) is 64.7 Å². The van der Waals surface area contributed by atoms with Crippen LogP contribution in [0.5, 0.6) is 0 Å². The Labute approximate surface area is 114 Å². The highest BCUT2D eigenvalue weighted by Gasteiger charge is 2.13. The zero-order valence-electron chi connectivity index (χ0n) is 11.4. The number of aryl methyl sites for hydroxylation is 2. The molecule has 19 heavy (non-hydrogen) atoms. The second-order valence-corrected chi connectivity index (χ2v) is 4.61. The van der Waals surface area contributed by atoms with Crippen LogP contribution in [0.15, 0.2) is 42.5 Å². The minimum atomic E-state index is -0.00421.